The largest absolute Gasteiger partial charge is 0.503 e. The molecule has 2 aromatic rings. The molecule has 0 aliphatic carbocycles. The highest BCUT2D eigenvalue weighted by Gasteiger charge is 2.43. The van der Waals surface area contributed by atoms with Crippen molar-refractivity contribution in [3.8, 4) is 0 Å². The van der Waals surface area contributed by atoms with Crippen LogP contribution in [-0.4, -0.2) is 21.7 Å². The molecule has 0 aromatic heterocycles. The zero-order valence-corrected chi connectivity index (χ0v) is 13.5. The van der Waals surface area contributed by atoms with Crippen LogP contribution in [0.1, 0.15) is 18.5 Å². The molecular formula is C18H13FN2O5. The van der Waals surface area contributed by atoms with E-state index in [1.54, 1.807) is 0 Å². The predicted octanol–water partition coefficient (Wildman–Crippen LogP) is 3.22. The number of nitro groups is 1. The highest BCUT2D eigenvalue weighted by atomic mass is 19.1. The van der Waals surface area contributed by atoms with Gasteiger partial charge < -0.3 is 5.11 Å². The van der Waals surface area contributed by atoms with Crippen LogP contribution in [0.5, 0.6) is 0 Å². The molecule has 0 saturated heterocycles. The highest BCUT2D eigenvalue weighted by molar-refractivity contribution is 6.16. The van der Waals surface area contributed by atoms with Crippen LogP contribution < -0.4 is 4.90 Å². The van der Waals surface area contributed by atoms with Crippen molar-refractivity contribution in [3.63, 3.8) is 0 Å². The Morgan fingerprint density at radius 1 is 1.23 bits per heavy atom. The first-order valence-electron chi connectivity index (χ1n) is 7.59. The number of Topliss-reactive ketones (excluding diaryl/α,β-unsaturated/α-hetero) is 1. The quantitative estimate of drug-likeness (QED) is 0.669. The minimum atomic E-state index is -1.05. The molecular weight excluding hydrogens is 343 g/mol. The van der Waals surface area contributed by atoms with Crippen LogP contribution in [0.2, 0.25) is 0 Å². The molecule has 2 aromatic carbocycles. The third-order valence-electron chi connectivity index (χ3n) is 4.09. The summed E-state index contributed by atoms with van der Waals surface area (Å²) in [4.78, 5) is 36.2. The number of ketones is 1. The number of benzene rings is 2. The number of aliphatic hydroxyl groups excluding tert-OH is 1. The summed E-state index contributed by atoms with van der Waals surface area (Å²) in [5, 5.41) is 21.2. The Hall–Kier alpha value is -3.55. The normalized spacial score (nSPS) is 16.9. The molecule has 1 N–H and O–H groups in total. The lowest BCUT2D eigenvalue weighted by Gasteiger charge is -2.26. The fourth-order valence-corrected chi connectivity index (χ4v) is 2.96. The Balaban J connectivity index is 2.19. The van der Waals surface area contributed by atoms with E-state index in [4.69, 9.17) is 0 Å². The summed E-state index contributed by atoms with van der Waals surface area (Å²) in [5.74, 6) is -2.62. The number of amides is 1. The number of carbonyl (C=O) groups is 2. The van der Waals surface area contributed by atoms with Crippen molar-refractivity contribution in [1.82, 2.24) is 0 Å². The Labute approximate surface area is 147 Å². The number of hydrogen-bond acceptors (Lipinski definition) is 5. The summed E-state index contributed by atoms with van der Waals surface area (Å²) >= 11 is 0. The van der Waals surface area contributed by atoms with Crippen molar-refractivity contribution in [2.75, 3.05) is 4.90 Å². The van der Waals surface area contributed by atoms with Crippen LogP contribution >= 0.6 is 0 Å². The molecule has 8 heteroatoms. The van der Waals surface area contributed by atoms with Crippen LogP contribution in [0.4, 0.5) is 15.8 Å². The van der Waals surface area contributed by atoms with Gasteiger partial charge in [-0.15, -0.1) is 0 Å². The molecule has 26 heavy (non-hydrogen) atoms. The lowest BCUT2D eigenvalue weighted by molar-refractivity contribution is -0.384. The smallest absolute Gasteiger partial charge is 0.294 e. The summed E-state index contributed by atoms with van der Waals surface area (Å²) in [5.41, 5.74) is 0.143. The van der Waals surface area contributed by atoms with E-state index in [-0.39, 0.29) is 22.5 Å². The molecule has 1 aliphatic rings. The van der Waals surface area contributed by atoms with Gasteiger partial charge in [0.2, 0.25) is 0 Å². The van der Waals surface area contributed by atoms with Crippen LogP contribution in [0, 0.1) is 15.9 Å². The first kappa shape index (κ1) is 17.3. The number of carbonyl (C=O) groups excluding carboxylic acids is 2. The zero-order valence-electron chi connectivity index (χ0n) is 13.5. The van der Waals surface area contributed by atoms with Crippen molar-refractivity contribution in [1.29, 1.82) is 0 Å². The van der Waals surface area contributed by atoms with Crippen molar-refractivity contribution in [3.05, 3.63) is 81.4 Å². The minimum Gasteiger partial charge on any atom is -0.503 e. The molecule has 0 bridgehead atoms. The number of rotatable bonds is 4. The molecule has 0 saturated carbocycles. The van der Waals surface area contributed by atoms with Crippen LogP contribution in [-0.2, 0) is 9.59 Å². The van der Waals surface area contributed by atoms with Crippen molar-refractivity contribution < 1.29 is 24.0 Å². The molecule has 1 atom stereocenters. The second-order valence-electron chi connectivity index (χ2n) is 5.72. The molecule has 1 heterocycles. The minimum absolute atomic E-state index is 0.167. The van der Waals surface area contributed by atoms with Crippen LogP contribution in [0.3, 0.4) is 0 Å². The summed E-state index contributed by atoms with van der Waals surface area (Å²) in [6.45, 7) is 1.19. The van der Waals surface area contributed by atoms with Gasteiger partial charge in [0.1, 0.15) is 5.82 Å². The van der Waals surface area contributed by atoms with Gasteiger partial charge in [0, 0.05) is 17.8 Å². The Bertz CT molecular complexity index is 952. The van der Waals surface area contributed by atoms with E-state index in [1.165, 1.54) is 43.3 Å². The number of nitrogens with zero attached hydrogens (tertiary/aromatic N) is 2. The van der Waals surface area contributed by atoms with E-state index in [9.17, 15) is 29.2 Å². The number of aliphatic hydroxyl groups is 1. The molecule has 7 nitrogen and oxygen atoms in total. The second kappa shape index (κ2) is 6.40. The highest BCUT2D eigenvalue weighted by Crippen LogP contribution is 2.41. The van der Waals surface area contributed by atoms with Gasteiger partial charge in [-0.3, -0.25) is 24.6 Å². The molecule has 132 valence electrons. The summed E-state index contributed by atoms with van der Waals surface area (Å²) < 4.78 is 13.2. The van der Waals surface area contributed by atoms with E-state index in [1.807, 2.05) is 0 Å². The van der Waals surface area contributed by atoms with Crippen molar-refractivity contribution in [2.45, 2.75) is 13.0 Å². The van der Waals surface area contributed by atoms with Gasteiger partial charge >= 0.3 is 0 Å². The molecule has 0 spiro atoms. The molecule has 0 radical (unpaired) electrons. The van der Waals surface area contributed by atoms with Gasteiger partial charge in [-0.25, -0.2) is 4.39 Å². The summed E-state index contributed by atoms with van der Waals surface area (Å²) in [7, 11) is 0. The van der Waals surface area contributed by atoms with Crippen LogP contribution in [0.25, 0.3) is 0 Å². The fourth-order valence-electron chi connectivity index (χ4n) is 2.96. The third kappa shape index (κ3) is 2.81. The van der Waals surface area contributed by atoms with Crippen molar-refractivity contribution in [2.24, 2.45) is 0 Å². The molecule has 1 aliphatic heterocycles. The predicted molar refractivity (Wildman–Crippen MR) is 90.1 cm³/mol. The molecule has 3 rings (SSSR count). The Kier molecular flexibility index (Phi) is 4.25. The molecule has 1 amide bonds. The first-order chi connectivity index (χ1) is 12.3. The van der Waals surface area contributed by atoms with E-state index >= 15 is 0 Å². The fraction of sp³-hybridized carbons (Fsp3) is 0.111. The average molecular weight is 356 g/mol. The zero-order chi connectivity index (χ0) is 19.0. The molecule has 0 unspecified atom stereocenters. The van der Waals surface area contributed by atoms with Gasteiger partial charge in [0.15, 0.2) is 11.5 Å². The van der Waals surface area contributed by atoms with Crippen LogP contribution in [0.15, 0.2) is 59.9 Å². The topological polar surface area (TPSA) is 101 Å². The van der Waals surface area contributed by atoms with Gasteiger partial charge in [-0.2, -0.15) is 0 Å². The van der Waals surface area contributed by atoms with Crippen molar-refractivity contribution >= 4 is 23.1 Å². The lowest BCUT2D eigenvalue weighted by atomic mass is 9.96. The second-order valence-corrected chi connectivity index (χ2v) is 5.72. The summed E-state index contributed by atoms with van der Waals surface area (Å²) in [6.07, 6.45) is 0. The number of anilines is 1. The van der Waals surface area contributed by atoms with Gasteiger partial charge in [0.05, 0.1) is 16.5 Å². The Morgan fingerprint density at radius 2 is 1.88 bits per heavy atom. The SMILES string of the molecule is CC(=O)C1=C(O)C(=O)N(c2ccc(F)cc2)[C@@H]1c1cccc([N+](=O)[O-])c1. The van der Waals surface area contributed by atoms with Gasteiger partial charge in [-0.05, 0) is 36.8 Å². The van der Waals surface area contributed by atoms with E-state index < -0.39 is 34.2 Å². The standard InChI is InChI=1S/C18H13FN2O5/c1-10(22)15-16(11-3-2-4-14(9-11)21(25)26)20(18(24)17(15)23)13-7-5-12(19)6-8-13/h2-9,16,23H,1H3/t16-/m1/s1. The van der Waals surface area contributed by atoms with E-state index in [0.717, 1.165) is 17.0 Å². The van der Waals surface area contributed by atoms with E-state index in [0.29, 0.717) is 0 Å². The monoisotopic (exact) mass is 356 g/mol. The van der Waals surface area contributed by atoms with E-state index in [2.05, 4.69) is 0 Å². The summed E-state index contributed by atoms with van der Waals surface area (Å²) in [6, 6.07) is 9.32. The Morgan fingerprint density at radius 3 is 2.46 bits per heavy atom. The third-order valence-corrected chi connectivity index (χ3v) is 4.09. The average Bonchev–Trinajstić information content (AvgIpc) is 2.87. The number of non-ortho nitro benzene ring substituents is 1. The molecule has 0 fully saturated rings. The lowest BCUT2D eigenvalue weighted by Crippen LogP contribution is -2.30. The maximum atomic E-state index is 13.2. The maximum absolute atomic E-state index is 13.2. The van der Waals surface area contributed by atoms with Gasteiger partial charge in [-0.1, -0.05) is 12.1 Å². The number of halogens is 1. The van der Waals surface area contributed by atoms with Gasteiger partial charge in [0.25, 0.3) is 11.6 Å². The maximum Gasteiger partial charge on any atom is 0.294 e. The number of hydrogen-bond donors (Lipinski definition) is 1. The number of nitro benzene ring substituents is 1. The first-order valence-corrected chi connectivity index (χ1v) is 7.59.